The Labute approximate surface area is 259 Å². The number of halogens is 2. The van der Waals surface area contributed by atoms with Crippen LogP contribution in [0.5, 0.6) is 0 Å². The van der Waals surface area contributed by atoms with Crippen molar-refractivity contribution in [1.29, 1.82) is 0 Å². The fourth-order valence-corrected chi connectivity index (χ4v) is 6.33. The molecule has 2 N–H and O–H groups in total. The minimum absolute atomic E-state index is 0.0146. The normalized spacial score (nSPS) is 13.5. The maximum atomic E-state index is 13.2. The summed E-state index contributed by atoms with van der Waals surface area (Å²) in [6.07, 6.45) is 2.81. The molecule has 0 bridgehead atoms. The van der Waals surface area contributed by atoms with Crippen LogP contribution in [0.1, 0.15) is 51.3 Å². The lowest BCUT2D eigenvalue weighted by molar-refractivity contribution is -0.139. The number of carboxylic acid groups (broad SMARTS) is 1. The van der Waals surface area contributed by atoms with Crippen LogP contribution in [0.25, 0.3) is 11.0 Å². The van der Waals surface area contributed by atoms with E-state index < -0.39 is 27.8 Å². The number of nitrogens with zero attached hydrogens (tertiary/aromatic N) is 1. The molecule has 1 aromatic heterocycles. The molecule has 226 valence electrons. The van der Waals surface area contributed by atoms with Crippen molar-refractivity contribution in [2.75, 3.05) is 12.8 Å². The maximum absolute atomic E-state index is 13.2. The standard InChI is InChI=1S/C29H24Cl2N2O7S.C2H6/c1-41(38,39)20-4-2-3-16(11-20)12-23(29(36)37)32-27(34)25-22(30)13-19-15-33(9-7-21(19)26(25)31)28(35)18-6-5-17-8-10-40-24(17)14-18;1-2/h2-6,8,10-11,13-14,23H,7,9,12,15H2,1H3,(H,32,34)(H,36,37);1-2H3/t23-;/m0./s1. The lowest BCUT2D eigenvalue weighted by Crippen LogP contribution is -2.42. The first-order valence-electron chi connectivity index (χ1n) is 13.5. The third-order valence-electron chi connectivity index (χ3n) is 6.99. The van der Waals surface area contributed by atoms with Gasteiger partial charge in [-0.2, -0.15) is 0 Å². The number of carboxylic acids is 1. The molecule has 4 aromatic rings. The second-order valence-electron chi connectivity index (χ2n) is 9.82. The molecule has 0 saturated heterocycles. The SMILES string of the molecule is CC.CS(=O)(=O)c1cccc(C[C@H](NC(=O)c2c(Cl)cc3c(c2Cl)CCN(C(=O)c2ccc4ccoc4c2)C3)C(=O)O)c1. The van der Waals surface area contributed by atoms with Crippen molar-refractivity contribution in [2.45, 2.75) is 44.2 Å². The first-order valence-corrected chi connectivity index (χ1v) is 16.2. The summed E-state index contributed by atoms with van der Waals surface area (Å²) in [5.41, 5.74) is 2.77. The van der Waals surface area contributed by atoms with Crippen LogP contribution in [0.2, 0.25) is 10.0 Å². The summed E-state index contributed by atoms with van der Waals surface area (Å²) in [5, 5.41) is 13.2. The molecule has 2 amide bonds. The number of amides is 2. The number of furan rings is 1. The van der Waals surface area contributed by atoms with Crippen LogP contribution in [0.3, 0.4) is 0 Å². The molecule has 43 heavy (non-hydrogen) atoms. The number of aliphatic carboxylic acids is 1. The van der Waals surface area contributed by atoms with Gasteiger partial charge in [0, 0.05) is 36.7 Å². The van der Waals surface area contributed by atoms with E-state index in [1.165, 1.54) is 18.2 Å². The molecule has 0 unspecified atom stereocenters. The van der Waals surface area contributed by atoms with Crippen molar-refractivity contribution < 1.29 is 32.3 Å². The number of nitrogens with one attached hydrogen (secondary N) is 1. The molecular weight excluding hydrogens is 615 g/mol. The van der Waals surface area contributed by atoms with Crippen molar-refractivity contribution in [2.24, 2.45) is 0 Å². The minimum atomic E-state index is -3.50. The van der Waals surface area contributed by atoms with Gasteiger partial charge in [0.15, 0.2) is 9.84 Å². The van der Waals surface area contributed by atoms with Gasteiger partial charge >= 0.3 is 5.97 Å². The maximum Gasteiger partial charge on any atom is 0.326 e. The number of hydrogen-bond acceptors (Lipinski definition) is 6. The summed E-state index contributed by atoms with van der Waals surface area (Å²) in [4.78, 5) is 40.1. The van der Waals surface area contributed by atoms with Crippen LogP contribution >= 0.6 is 23.2 Å². The number of rotatable bonds is 7. The molecular formula is C31H30Cl2N2O7S. The molecule has 3 aromatic carbocycles. The van der Waals surface area contributed by atoms with Gasteiger partial charge in [0.05, 0.1) is 26.8 Å². The average molecular weight is 646 g/mol. The van der Waals surface area contributed by atoms with Gasteiger partial charge in [0.1, 0.15) is 11.6 Å². The molecule has 2 heterocycles. The van der Waals surface area contributed by atoms with E-state index in [0.29, 0.717) is 40.8 Å². The quantitative estimate of drug-likeness (QED) is 0.260. The fraction of sp³-hybridized carbons (Fsp3) is 0.258. The summed E-state index contributed by atoms with van der Waals surface area (Å²) in [7, 11) is -3.50. The van der Waals surface area contributed by atoms with Crippen molar-refractivity contribution in [3.63, 3.8) is 0 Å². The van der Waals surface area contributed by atoms with Gasteiger partial charge in [-0.1, -0.05) is 55.2 Å². The number of carbonyl (C=O) groups excluding carboxylic acids is 2. The van der Waals surface area contributed by atoms with Crippen LogP contribution in [0, 0.1) is 0 Å². The average Bonchev–Trinajstić information content (AvgIpc) is 3.45. The zero-order valence-corrected chi connectivity index (χ0v) is 26.0. The summed E-state index contributed by atoms with van der Waals surface area (Å²) < 4.78 is 29.2. The molecule has 0 spiro atoms. The Bertz CT molecular complexity index is 1820. The third kappa shape index (κ3) is 7.04. The van der Waals surface area contributed by atoms with Crippen molar-refractivity contribution >= 4 is 61.8 Å². The van der Waals surface area contributed by atoms with Crippen molar-refractivity contribution in [3.05, 3.63) is 98.7 Å². The molecule has 5 rings (SSSR count). The number of carbonyl (C=O) groups is 3. The summed E-state index contributed by atoms with van der Waals surface area (Å²) in [5.74, 6) is -2.28. The molecule has 12 heteroatoms. The topological polar surface area (TPSA) is 134 Å². The van der Waals surface area contributed by atoms with E-state index in [-0.39, 0.29) is 39.4 Å². The number of fused-ring (bicyclic) bond motifs is 2. The lowest BCUT2D eigenvalue weighted by Gasteiger charge is -2.30. The fourth-order valence-electron chi connectivity index (χ4n) is 4.87. The molecule has 9 nitrogen and oxygen atoms in total. The lowest BCUT2D eigenvalue weighted by atomic mass is 9.95. The Morgan fingerprint density at radius 3 is 2.51 bits per heavy atom. The molecule has 0 aliphatic carbocycles. The van der Waals surface area contributed by atoms with E-state index in [4.69, 9.17) is 27.6 Å². The number of hydrogen-bond donors (Lipinski definition) is 2. The predicted octanol–water partition coefficient (Wildman–Crippen LogP) is 5.79. The first kappa shape index (κ1) is 32.1. The summed E-state index contributed by atoms with van der Waals surface area (Å²) >= 11 is 13.1. The highest BCUT2D eigenvalue weighted by molar-refractivity contribution is 7.90. The Hall–Kier alpha value is -3.86. The molecule has 0 fully saturated rings. The van der Waals surface area contributed by atoms with Crippen molar-refractivity contribution in [1.82, 2.24) is 10.2 Å². The Kier molecular flexibility index (Phi) is 9.84. The van der Waals surface area contributed by atoms with Gasteiger partial charge in [0.25, 0.3) is 11.8 Å². The third-order valence-corrected chi connectivity index (χ3v) is 8.82. The first-order chi connectivity index (χ1) is 20.4. The van der Waals surface area contributed by atoms with Gasteiger partial charge in [-0.3, -0.25) is 9.59 Å². The summed E-state index contributed by atoms with van der Waals surface area (Å²) in [6.45, 7) is 4.57. The van der Waals surface area contributed by atoms with Gasteiger partial charge in [0.2, 0.25) is 0 Å². The van der Waals surface area contributed by atoms with E-state index in [9.17, 15) is 27.9 Å². The van der Waals surface area contributed by atoms with Gasteiger partial charge in [-0.25, -0.2) is 13.2 Å². The highest BCUT2D eigenvalue weighted by atomic mass is 35.5. The second kappa shape index (κ2) is 13.2. The van der Waals surface area contributed by atoms with Gasteiger partial charge in [-0.15, -0.1) is 0 Å². The zero-order valence-electron chi connectivity index (χ0n) is 23.7. The Morgan fingerprint density at radius 1 is 1.07 bits per heavy atom. The minimum Gasteiger partial charge on any atom is -0.480 e. The van der Waals surface area contributed by atoms with Crippen molar-refractivity contribution in [3.8, 4) is 0 Å². The van der Waals surface area contributed by atoms with E-state index >= 15 is 0 Å². The van der Waals surface area contributed by atoms with Gasteiger partial charge < -0.3 is 19.7 Å². The van der Waals surface area contributed by atoms with E-state index in [1.54, 1.807) is 35.4 Å². The Morgan fingerprint density at radius 2 is 1.81 bits per heavy atom. The monoisotopic (exact) mass is 644 g/mol. The van der Waals surface area contributed by atoms with Crippen LogP contribution in [0.4, 0.5) is 0 Å². The molecule has 1 aliphatic heterocycles. The largest absolute Gasteiger partial charge is 0.480 e. The van der Waals surface area contributed by atoms with E-state index in [2.05, 4.69) is 5.32 Å². The number of benzene rings is 3. The van der Waals surface area contributed by atoms with E-state index in [0.717, 1.165) is 11.6 Å². The molecule has 1 aliphatic rings. The highest BCUT2D eigenvalue weighted by Gasteiger charge is 2.30. The summed E-state index contributed by atoms with van der Waals surface area (Å²) in [6, 6.07) is 13.1. The second-order valence-corrected chi connectivity index (χ2v) is 12.6. The highest BCUT2D eigenvalue weighted by Crippen LogP contribution is 2.35. The molecule has 0 saturated carbocycles. The Balaban J connectivity index is 0.00000207. The molecule has 0 radical (unpaired) electrons. The zero-order chi connectivity index (χ0) is 31.5. The van der Waals surface area contributed by atoms with Crippen LogP contribution in [-0.2, 0) is 34.0 Å². The van der Waals surface area contributed by atoms with Crippen LogP contribution in [-0.4, -0.2) is 55.1 Å². The molecule has 1 atom stereocenters. The van der Waals surface area contributed by atoms with E-state index in [1.807, 2.05) is 26.0 Å². The smallest absolute Gasteiger partial charge is 0.326 e. The van der Waals surface area contributed by atoms with Gasteiger partial charge in [-0.05, 0) is 59.5 Å². The van der Waals surface area contributed by atoms with Crippen LogP contribution < -0.4 is 5.32 Å². The predicted molar refractivity (Wildman–Crippen MR) is 165 cm³/mol. The van der Waals surface area contributed by atoms with Crippen LogP contribution in [0.15, 0.2) is 70.2 Å². The number of sulfone groups is 1.